The van der Waals surface area contributed by atoms with Gasteiger partial charge in [0.15, 0.2) is 0 Å². The molecule has 1 aromatic rings. The van der Waals surface area contributed by atoms with Crippen molar-refractivity contribution in [2.45, 2.75) is 31.5 Å². The molecule has 5 heteroatoms. The number of hydrogen-bond acceptors (Lipinski definition) is 4. The van der Waals surface area contributed by atoms with Gasteiger partial charge in [0.05, 0.1) is 37.3 Å². The lowest BCUT2D eigenvalue weighted by molar-refractivity contribution is 0.0957. The van der Waals surface area contributed by atoms with E-state index < -0.39 is 0 Å². The third kappa shape index (κ3) is 2.37. The second-order valence-electron chi connectivity index (χ2n) is 3.89. The largest absolute Gasteiger partial charge is 0.394 e. The molecular formula is C10H17N3O2. The first-order valence-electron chi connectivity index (χ1n) is 5.29. The lowest BCUT2D eigenvalue weighted by Crippen LogP contribution is -2.22. The maximum atomic E-state index is 8.99. The van der Waals surface area contributed by atoms with Gasteiger partial charge in [-0.2, -0.15) is 0 Å². The number of nitrogens with zero attached hydrogens (tertiary/aromatic N) is 2. The van der Waals surface area contributed by atoms with Crippen molar-refractivity contribution in [1.29, 1.82) is 0 Å². The van der Waals surface area contributed by atoms with Crippen LogP contribution in [0.1, 0.15) is 24.6 Å². The maximum Gasteiger partial charge on any atom is 0.0949 e. The van der Waals surface area contributed by atoms with Gasteiger partial charge in [-0.3, -0.25) is 0 Å². The summed E-state index contributed by atoms with van der Waals surface area (Å²) in [5, 5.41) is 8.99. The molecule has 0 bridgehead atoms. The van der Waals surface area contributed by atoms with E-state index in [0.29, 0.717) is 0 Å². The second kappa shape index (κ2) is 4.74. The van der Waals surface area contributed by atoms with E-state index in [4.69, 9.17) is 15.6 Å². The van der Waals surface area contributed by atoms with E-state index in [0.717, 1.165) is 31.7 Å². The van der Waals surface area contributed by atoms with Gasteiger partial charge < -0.3 is 20.1 Å². The molecule has 0 saturated carbocycles. The molecule has 2 unspecified atom stereocenters. The fourth-order valence-corrected chi connectivity index (χ4v) is 1.89. The molecule has 2 heterocycles. The molecule has 3 N–H and O–H groups in total. The Kier molecular flexibility index (Phi) is 3.35. The van der Waals surface area contributed by atoms with Gasteiger partial charge in [-0.25, -0.2) is 4.98 Å². The summed E-state index contributed by atoms with van der Waals surface area (Å²) in [6, 6.07) is -0.353. The molecule has 1 aromatic heterocycles. The average Bonchev–Trinajstić information content (AvgIpc) is 2.88. The van der Waals surface area contributed by atoms with Crippen LogP contribution in [0, 0.1) is 0 Å². The molecule has 1 saturated heterocycles. The fourth-order valence-electron chi connectivity index (χ4n) is 1.89. The molecule has 1 aliphatic rings. The van der Waals surface area contributed by atoms with E-state index in [1.54, 1.807) is 12.5 Å². The van der Waals surface area contributed by atoms with E-state index in [-0.39, 0.29) is 18.8 Å². The molecule has 5 nitrogen and oxygen atoms in total. The highest BCUT2D eigenvalue weighted by molar-refractivity contribution is 5.04. The number of aliphatic hydroxyl groups excluding tert-OH is 1. The van der Waals surface area contributed by atoms with Gasteiger partial charge in [0, 0.05) is 12.8 Å². The minimum atomic E-state index is -0.353. The predicted octanol–water partition coefficient (Wildman–Crippen LogP) is 0.0542. The van der Waals surface area contributed by atoms with Gasteiger partial charge in [0.25, 0.3) is 0 Å². The van der Waals surface area contributed by atoms with Crippen molar-refractivity contribution in [2.75, 3.05) is 13.2 Å². The molecule has 0 aliphatic carbocycles. The van der Waals surface area contributed by atoms with Crippen molar-refractivity contribution >= 4 is 0 Å². The first kappa shape index (κ1) is 10.6. The molecule has 0 spiro atoms. The predicted molar refractivity (Wildman–Crippen MR) is 55.2 cm³/mol. The maximum absolute atomic E-state index is 8.99. The molecule has 0 amide bonds. The van der Waals surface area contributed by atoms with Gasteiger partial charge >= 0.3 is 0 Å². The smallest absolute Gasteiger partial charge is 0.0949 e. The Bertz CT molecular complexity index is 307. The van der Waals surface area contributed by atoms with Crippen LogP contribution < -0.4 is 5.73 Å². The van der Waals surface area contributed by atoms with Gasteiger partial charge in [-0.1, -0.05) is 0 Å². The highest BCUT2D eigenvalue weighted by Crippen LogP contribution is 2.16. The SMILES string of the molecule is NC(CO)c1cncn1CC1CCCO1. The van der Waals surface area contributed by atoms with Crippen LogP contribution in [0.25, 0.3) is 0 Å². The highest BCUT2D eigenvalue weighted by Gasteiger charge is 2.18. The minimum Gasteiger partial charge on any atom is -0.394 e. The zero-order valence-corrected chi connectivity index (χ0v) is 8.67. The zero-order valence-electron chi connectivity index (χ0n) is 8.67. The highest BCUT2D eigenvalue weighted by atomic mass is 16.5. The third-order valence-corrected chi connectivity index (χ3v) is 2.75. The Morgan fingerprint density at radius 3 is 3.27 bits per heavy atom. The van der Waals surface area contributed by atoms with E-state index in [1.807, 2.05) is 4.57 Å². The van der Waals surface area contributed by atoms with Crippen LogP contribution in [0.2, 0.25) is 0 Å². The summed E-state index contributed by atoms with van der Waals surface area (Å²) in [6.45, 7) is 1.57. The topological polar surface area (TPSA) is 73.3 Å². The second-order valence-corrected chi connectivity index (χ2v) is 3.89. The Labute approximate surface area is 88.9 Å². The summed E-state index contributed by atoms with van der Waals surface area (Å²) in [5.74, 6) is 0. The van der Waals surface area contributed by atoms with Gasteiger partial charge in [-0.15, -0.1) is 0 Å². The molecule has 2 atom stereocenters. The minimum absolute atomic E-state index is 0.0583. The summed E-state index contributed by atoms with van der Waals surface area (Å²) in [5.41, 5.74) is 6.63. The van der Waals surface area contributed by atoms with Crippen molar-refractivity contribution in [3.05, 3.63) is 18.2 Å². The summed E-state index contributed by atoms with van der Waals surface area (Å²) in [7, 11) is 0. The molecule has 84 valence electrons. The molecule has 0 aromatic carbocycles. The van der Waals surface area contributed by atoms with Crippen molar-refractivity contribution in [1.82, 2.24) is 9.55 Å². The Morgan fingerprint density at radius 1 is 1.73 bits per heavy atom. The molecule has 15 heavy (non-hydrogen) atoms. The number of hydrogen-bond donors (Lipinski definition) is 2. The number of aromatic nitrogens is 2. The summed E-state index contributed by atoms with van der Waals surface area (Å²) < 4.78 is 7.51. The van der Waals surface area contributed by atoms with E-state index in [1.165, 1.54) is 0 Å². The van der Waals surface area contributed by atoms with Crippen molar-refractivity contribution in [3.8, 4) is 0 Å². The number of imidazole rings is 1. The zero-order chi connectivity index (χ0) is 10.7. The fraction of sp³-hybridized carbons (Fsp3) is 0.700. The molecule has 1 aliphatic heterocycles. The average molecular weight is 211 g/mol. The van der Waals surface area contributed by atoms with Crippen LogP contribution in [0.4, 0.5) is 0 Å². The van der Waals surface area contributed by atoms with E-state index in [9.17, 15) is 0 Å². The normalized spacial score (nSPS) is 23.2. The van der Waals surface area contributed by atoms with Crippen molar-refractivity contribution in [2.24, 2.45) is 5.73 Å². The number of ether oxygens (including phenoxy) is 1. The van der Waals surface area contributed by atoms with Crippen LogP contribution in [-0.2, 0) is 11.3 Å². The summed E-state index contributed by atoms with van der Waals surface area (Å²) >= 11 is 0. The Balaban J connectivity index is 2.03. The Morgan fingerprint density at radius 2 is 2.60 bits per heavy atom. The third-order valence-electron chi connectivity index (χ3n) is 2.75. The lowest BCUT2D eigenvalue weighted by atomic mass is 10.2. The number of nitrogens with two attached hydrogens (primary N) is 1. The van der Waals surface area contributed by atoms with Crippen LogP contribution in [0.3, 0.4) is 0 Å². The van der Waals surface area contributed by atoms with Gasteiger partial charge in [0.2, 0.25) is 0 Å². The standard InChI is InChI=1S/C10H17N3O2/c11-9(6-14)10-4-12-7-13(10)5-8-2-1-3-15-8/h4,7-9,14H,1-3,5-6,11H2. The Hall–Kier alpha value is -0.910. The van der Waals surface area contributed by atoms with E-state index in [2.05, 4.69) is 4.98 Å². The van der Waals surface area contributed by atoms with E-state index >= 15 is 0 Å². The molecule has 2 rings (SSSR count). The molecule has 0 radical (unpaired) electrons. The molecular weight excluding hydrogens is 194 g/mol. The van der Waals surface area contributed by atoms with Crippen LogP contribution in [0.15, 0.2) is 12.5 Å². The number of rotatable bonds is 4. The van der Waals surface area contributed by atoms with Crippen LogP contribution >= 0.6 is 0 Å². The first-order valence-corrected chi connectivity index (χ1v) is 5.29. The monoisotopic (exact) mass is 211 g/mol. The van der Waals surface area contributed by atoms with Crippen LogP contribution in [0.5, 0.6) is 0 Å². The van der Waals surface area contributed by atoms with Gasteiger partial charge in [-0.05, 0) is 12.8 Å². The first-order chi connectivity index (χ1) is 7.31. The molecule has 1 fully saturated rings. The van der Waals surface area contributed by atoms with Crippen LogP contribution in [-0.4, -0.2) is 34.0 Å². The van der Waals surface area contributed by atoms with Gasteiger partial charge in [0.1, 0.15) is 0 Å². The number of aliphatic hydroxyl groups is 1. The van der Waals surface area contributed by atoms with Crippen molar-refractivity contribution < 1.29 is 9.84 Å². The quantitative estimate of drug-likeness (QED) is 0.738. The lowest BCUT2D eigenvalue weighted by Gasteiger charge is -2.15. The summed E-state index contributed by atoms with van der Waals surface area (Å²) in [4.78, 5) is 4.05. The van der Waals surface area contributed by atoms with Crippen molar-refractivity contribution in [3.63, 3.8) is 0 Å². The summed E-state index contributed by atoms with van der Waals surface area (Å²) in [6.07, 6.45) is 5.93.